The molecular formula is C10H19N5O3S. The third-order valence-corrected chi connectivity index (χ3v) is 4.11. The van der Waals surface area contributed by atoms with Crippen LogP contribution in [0.25, 0.3) is 0 Å². The van der Waals surface area contributed by atoms with E-state index < -0.39 is 16.1 Å². The highest BCUT2D eigenvalue weighted by molar-refractivity contribution is 7.89. The third kappa shape index (κ3) is 3.67. The molecule has 1 aromatic heterocycles. The zero-order valence-electron chi connectivity index (χ0n) is 11.2. The van der Waals surface area contributed by atoms with Gasteiger partial charge in [0, 0.05) is 13.6 Å². The van der Waals surface area contributed by atoms with Crippen molar-refractivity contribution < 1.29 is 13.2 Å². The molecular weight excluding hydrogens is 270 g/mol. The molecule has 108 valence electrons. The molecule has 0 aliphatic carbocycles. The van der Waals surface area contributed by atoms with Crippen LogP contribution in [-0.2, 0) is 21.9 Å². The van der Waals surface area contributed by atoms with Crippen molar-refractivity contribution in [2.24, 2.45) is 7.05 Å². The minimum absolute atomic E-state index is 0.101. The van der Waals surface area contributed by atoms with E-state index in [0.29, 0.717) is 6.54 Å². The average Bonchev–Trinajstić information content (AvgIpc) is 2.65. The monoisotopic (exact) mass is 289 g/mol. The number of nitrogens with zero attached hydrogens (tertiary/aromatic N) is 2. The lowest BCUT2D eigenvalue weighted by Gasteiger charge is -2.14. The number of nitrogens with one attached hydrogen (secondary N) is 2. The number of aryl methyl sites for hydroxylation is 1. The molecule has 0 aliphatic heterocycles. The Labute approximate surface area is 112 Å². The summed E-state index contributed by atoms with van der Waals surface area (Å²) in [6.07, 6.45) is 2.08. The Morgan fingerprint density at radius 1 is 1.58 bits per heavy atom. The summed E-state index contributed by atoms with van der Waals surface area (Å²) in [6.45, 7) is 3.87. The Hall–Kier alpha value is -1.61. The molecule has 1 atom stereocenters. The molecule has 0 radical (unpaired) electrons. The summed E-state index contributed by atoms with van der Waals surface area (Å²) >= 11 is 0. The molecule has 1 rings (SSSR count). The lowest BCUT2D eigenvalue weighted by atomic mass is 10.3. The van der Waals surface area contributed by atoms with Gasteiger partial charge in [-0.05, 0) is 13.3 Å². The summed E-state index contributed by atoms with van der Waals surface area (Å²) in [5.41, 5.74) is 5.51. The molecule has 1 unspecified atom stereocenters. The van der Waals surface area contributed by atoms with Gasteiger partial charge in [-0.2, -0.15) is 4.72 Å². The van der Waals surface area contributed by atoms with Crippen LogP contribution in [-0.4, -0.2) is 36.5 Å². The maximum absolute atomic E-state index is 12.1. The summed E-state index contributed by atoms with van der Waals surface area (Å²) < 4.78 is 27.7. The predicted molar refractivity (Wildman–Crippen MR) is 70.7 cm³/mol. The second-order valence-electron chi connectivity index (χ2n) is 4.18. The van der Waals surface area contributed by atoms with Crippen molar-refractivity contribution >= 4 is 21.7 Å². The van der Waals surface area contributed by atoms with Crippen molar-refractivity contribution in [1.29, 1.82) is 0 Å². The quantitative estimate of drug-likeness (QED) is 0.633. The van der Waals surface area contributed by atoms with E-state index in [2.05, 4.69) is 15.0 Å². The number of hydrogen-bond acceptors (Lipinski definition) is 5. The normalized spacial score (nSPS) is 13.2. The molecule has 0 fully saturated rings. The van der Waals surface area contributed by atoms with Crippen LogP contribution in [0.15, 0.2) is 11.4 Å². The van der Waals surface area contributed by atoms with Crippen molar-refractivity contribution in [3.05, 3.63) is 6.33 Å². The van der Waals surface area contributed by atoms with Gasteiger partial charge >= 0.3 is 0 Å². The van der Waals surface area contributed by atoms with Crippen molar-refractivity contribution in [2.75, 3.05) is 12.3 Å². The van der Waals surface area contributed by atoms with Crippen LogP contribution in [0.1, 0.15) is 20.3 Å². The molecule has 0 aromatic carbocycles. The largest absolute Gasteiger partial charge is 0.381 e. The Kier molecular flexibility index (Phi) is 4.90. The molecule has 0 saturated carbocycles. The van der Waals surface area contributed by atoms with E-state index >= 15 is 0 Å². The van der Waals surface area contributed by atoms with E-state index in [0.717, 1.165) is 6.42 Å². The number of nitrogens with two attached hydrogens (primary N) is 1. The van der Waals surface area contributed by atoms with Gasteiger partial charge in [0.2, 0.25) is 5.91 Å². The van der Waals surface area contributed by atoms with Crippen LogP contribution < -0.4 is 15.8 Å². The first kappa shape index (κ1) is 15.4. The Morgan fingerprint density at radius 3 is 2.68 bits per heavy atom. The van der Waals surface area contributed by atoms with Crippen LogP contribution >= 0.6 is 0 Å². The zero-order chi connectivity index (χ0) is 14.6. The van der Waals surface area contributed by atoms with Gasteiger partial charge in [0.25, 0.3) is 10.0 Å². The topological polar surface area (TPSA) is 119 Å². The first-order valence-corrected chi connectivity index (χ1v) is 7.34. The standard InChI is InChI=1S/C10H19N5O3S/c1-4-5-12-9(16)7(2)14-19(17,18)10-8(11)13-6-15(10)3/h6-7,14H,4-5,11H2,1-3H3,(H,12,16). The smallest absolute Gasteiger partial charge is 0.260 e. The van der Waals surface area contributed by atoms with E-state index in [1.165, 1.54) is 24.9 Å². The van der Waals surface area contributed by atoms with Gasteiger partial charge in [0.1, 0.15) is 0 Å². The molecule has 0 spiro atoms. The van der Waals surface area contributed by atoms with Crippen molar-refractivity contribution in [2.45, 2.75) is 31.3 Å². The molecule has 0 saturated heterocycles. The first-order valence-electron chi connectivity index (χ1n) is 5.86. The summed E-state index contributed by atoms with van der Waals surface area (Å²) in [4.78, 5) is 15.3. The highest BCUT2D eigenvalue weighted by Crippen LogP contribution is 2.15. The molecule has 1 aromatic rings. The number of hydrogen-bond donors (Lipinski definition) is 3. The molecule has 0 bridgehead atoms. The fourth-order valence-electron chi connectivity index (χ4n) is 1.51. The lowest BCUT2D eigenvalue weighted by Crippen LogP contribution is -2.45. The van der Waals surface area contributed by atoms with Gasteiger partial charge in [0.15, 0.2) is 10.8 Å². The summed E-state index contributed by atoms with van der Waals surface area (Å²) in [6, 6.07) is -0.883. The van der Waals surface area contributed by atoms with Crippen LogP contribution in [0.3, 0.4) is 0 Å². The van der Waals surface area contributed by atoms with Gasteiger partial charge in [-0.1, -0.05) is 6.92 Å². The number of aromatic nitrogens is 2. The van der Waals surface area contributed by atoms with Crippen LogP contribution in [0.2, 0.25) is 0 Å². The van der Waals surface area contributed by atoms with Crippen molar-refractivity contribution in [1.82, 2.24) is 19.6 Å². The van der Waals surface area contributed by atoms with Crippen LogP contribution in [0, 0.1) is 0 Å². The number of nitrogen functional groups attached to an aromatic ring is 1. The molecule has 4 N–H and O–H groups in total. The van der Waals surface area contributed by atoms with Gasteiger partial charge in [-0.25, -0.2) is 13.4 Å². The van der Waals surface area contributed by atoms with E-state index in [1.807, 2.05) is 6.92 Å². The SMILES string of the molecule is CCCNC(=O)C(C)NS(=O)(=O)c1c(N)ncn1C. The van der Waals surface area contributed by atoms with Crippen LogP contribution in [0.5, 0.6) is 0 Å². The number of imidazole rings is 1. The second-order valence-corrected chi connectivity index (χ2v) is 5.81. The van der Waals surface area contributed by atoms with E-state index in [-0.39, 0.29) is 16.8 Å². The van der Waals surface area contributed by atoms with Crippen molar-refractivity contribution in [3.63, 3.8) is 0 Å². The molecule has 9 heteroatoms. The maximum Gasteiger partial charge on any atom is 0.260 e. The van der Waals surface area contributed by atoms with Gasteiger partial charge in [0.05, 0.1) is 12.4 Å². The molecule has 0 aliphatic rings. The van der Waals surface area contributed by atoms with Crippen LogP contribution in [0.4, 0.5) is 5.82 Å². The summed E-state index contributed by atoms with van der Waals surface area (Å²) in [7, 11) is -2.37. The van der Waals surface area contributed by atoms with E-state index in [1.54, 1.807) is 0 Å². The number of amides is 1. The van der Waals surface area contributed by atoms with E-state index in [9.17, 15) is 13.2 Å². The molecule has 19 heavy (non-hydrogen) atoms. The summed E-state index contributed by atoms with van der Waals surface area (Å²) in [5, 5.41) is 2.46. The highest BCUT2D eigenvalue weighted by atomic mass is 32.2. The van der Waals surface area contributed by atoms with Gasteiger partial charge < -0.3 is 15.6 Å². The minimum Gasteiger partial charge on any atom is -0.381 e. The molecule has 1 heterocycles. The Bertz CT molecular complexity index is 532. The molecule has 8 nitrogen and oxygen atoms in total. The Morgan fingerprint density at radius 2 is 2.21 bits per heavy atom. The second kappa shape index (κ2) is 6.02. The van der Waals surface area contributed by atoms with Gasteiger partial charge in [-0.15, -0.1) is 0 Å². The number of carbonyl (C=O) groups excluding carboxylic acids is 1. The number of anilines is 1. The highest BCUT2D eigenvalue weighted by Gasteiger charge is 2.26. The third-order valence-electron chi connectivity index (χ3n) is 2.44. The fraction of sp³-hybridized carbons (Fsp3) is 0.600. The maximum atomic E-state index is 12.1. The first-order chi connectivity index (χ1) is 8.79. The molecule has 1 amide bonds. The minimum atomic E-state index is -3.88. The number of sulfonamides is 1. The number of carbonyl (C=O) groups is 1. The summed E-state index contributed by atoms with van der Waals surface area (Å²) in [5.74, 6) is -0.484. The van der Waals surface area contributed by atoms with Gasteiger partial charge in [-0.3, -0.25) is 4.79 Å². The van der Waals surface area contributed by atoms with Crippen molar-refractivity contribution in [3.8, 4) is 0 Å². The lowest BCUT2D eigenvalue weighted by molar-refractivity contribution is -0.122. The predicted octanol–water partition coefficient (Wildman–Crippen LogP) is -0.805. The zero-order valence-corrected chi connectivity index (χ0v) is 12.0. The average molecular weight is 289 g/mol. The Balaban J connectivity index is 2.84. The number of rotatable bonds is 6. The van der Waals surface area contributed by atoms with E-state index in [4.69, 9.17) is 5.73 Å². The fourth-order valence-corrected chi connectivity index (χ4v) is 2.95.